The van der Waals surface area contributed by atoms with Gasteiger partial charge in [0, 0.05) is 17.7 Å². The minimum Gasteiger partial charge on any atom is -0.467 e. The lowest BCUT2D eigenvalue weighted by molar-refractivity contribution is -0.118. The van der Waals surface area contributed by atoms with Crippen LogP contribution in [0.4, 0.5) is 5.69 Å². The van der Waals surface area contributed by atoms with Gasteiger partial charge in [0.2, 0.25) is 5.88 Å². The van der Waals surface area contributed by atoms with Crippen molar-refractivity contribution in [3.05, 3.63) is 52.7 Å². The molecule has 0 spiro atoms. The van der Waals surface area contributed by atoms with Crippen molar-refractivity contribution in [3.63, 3.8) is 0 Å². The van der Waals surface area contributed by atoms with Gasteiger partial charge in [-0.2, -0.15) is 5.26 Å². The Morgan fingerprint density at radius 2 is 2.04 bits per heavy atom. The van der Waals surface area contributed by atoms with Crippen molar-refractivity contribution in [1.82, 2.24) is 4.98 Å². The van der Waals surface area contributed by atoms with Crippen LogP contribution >= 0.6 is 0 Å². The Morgan fingerprint density at radius 3 is 2.68 bits per heavy atom. The molecule has 1 aliphatic heterocycles. The smallest absolute Gasteiger partial charge is 0.262 e. The first-order valence-corrected chi connectivity index (χ1v) is 9.38. The molecule has 146 valence electrons. The number of nitrogens with one attached hydrogen (secondary N) is 1. The number of benzene rings is 1. The molecule has 1 aromatic heterocycles. The quantitative estimate of drug-likeness (QED) is 0.850. The monoisotopic (exact) mass is 379 g/mol. The summed E-state index contributed by atoms with van der Waals surface area (Å²) >= 11 is 0. The number of carbonyl (C=O) groups excluding carboxylic acids is 1. The SMILES string of the molecule is CC(C)c1nc(OCC(=O)Nc2ccccc2)c(C#N)c2c1COC(C)(C)C2. The van der Waals surface area contributed by atoms with Crippen molar-refractivity contribution < 1.29 is 14.3 Å². The van der Waals surface area contributed by atoms with Gasteiger partial charge in [-0.3, -0.25) is 4.79 Å². The minimum atomic E-state index is -0.365. The van der Waals surface area contributed by atoms with Gasteiger partial charge < -0.3 is 14.8 Å². The molecular weight excluding hydrogens is 354 g/mol. The highest BCUT2D eigenvalue weighted by Gasteiger charge is 2.32. The largest absolute Gasteiger partial charge is 0.467 e. The fourth-order valence-corrected chi connectivity index (χ4v) is 3.32. The molecule has 0 radical (unpaired) electrons. The number of para-hydroxylation sites is 1. The van der Waals surface area contributed by atoms with Crippen LogP contribution in [0.5, 0.6) is 5.88 Å². The maximum Gasteiger partial charge on any atom is 0.262 e. The van der Waals surface area contributed by atoms with Crippen molar-refractivity contribution in [2.75, 3.05) is 11.9 Å². The van der Waals surface area contributed by atoms with E-state index >= 15 is 0 Å². The zero-order chi connectivity index (χ0) is 20.3. The van der Waals surface area contributed by atoms with Gasteiger partial charge >= 0.3 is 0 Å². The summed E-state index contributed by atoms with van der Waals surface area (Å²) in [6, 6.07) is 11.4. The maximum atomic E-state index is 12.2. The lowest BCUT2D eigenvalue weighted by Gasteiger charge is -2.34. The lowest BCUT2D eigenvalue weighted by Crippen LogP contribution is -2.33. The van der Waals surface area contributed by atoms with E-state index in [0.717, 1.165) is 16.8 Å². The van der Waals surface area contributed by atoms with Gasteiger partial charge in [-0.15, -0.1) is 0 Å². The van der Waals surface area contributed by atoms with Crippen molar-refractivity contribution >= 4 is 11.6 Å². The van der Waals surface area contributed by atoms with Crippen LogP contribution in [0.2, 0.25) is 0 Å². The third-order valence-corrected chi connectivity index (χ3v) is 4.68. The molecule has 0 saturated carbocycles. The molecule has 3 rings (SSSR count). The number of ether oxygens (including phenoxy) is 2. The first-order valence-electron chi connectivity index (χ1n) is 9.38. The average Bonchev–Trinajstić information content (AvgIpc) is 2.65. The molecule has 0 bridgehead atoms. The number of aromatic nitrogens is 1. The Labute approximate surface area is 165 Å². The fraction of sp³-hybridized carbons (Fsp3) is 0.409. The number of amides is 1. The first-order chi connectivity index (χ1) is 13.3. The average molecular weight is 379 g/mol. The molecule has 0 atom stereocenters. The van der Waals surface area contributed by atoms with Crippen LogP contribution < -0.4 is 10.1 Å². The Hall–Kier alpha value is -2.91. The van der Waals surface area contributed by atoms with E-state index in [1.54, 1.807) is 12.1 Å². The Morgan fingerprint density at radius 1 is 1.32 bits per heavy atom. The molecule has 6 heteroatoms. The highest BCUT2D eigenvalue weighted by molar-refractivity contribution is 5.91. The van der Waals surface area contributed by atoms with Crippen LogP contribution in [0, 0.1) is 11.3 Å². The molecule has 6 nitrogen and oxygen atoms in total. The normalized spacial score (nSPS) is 14.9. The van der Waals surface area contributed by atoms with Crippen molar-refractivity contribution in [2.24, 2.45) is 0 Å². The van der Waals surface area contributed by atoms with Gasteiger partial charge in [-0.1, -0.05) is 32.0 Å². The highest BCUT2D eigenvalue weighted by atomic mass is 16.5. The number of nitriles is 1. The number of hydrogen-bond acceptors (Lipinski definition) is 5. The highest BCUT2D eigenvalue weighted by Crippen LogP contribution is 2.37. The van der Waals surface area contributed by atoms with E-state index in [0.29, 0.717) is 24.3 Å². The topological polar surface area (TPSA) is 84.2 Å². The summed E-state index contributed by atoms with van der Waals surface area (Å²) in [5, 5.41) is 12.5. The Kier molecular flexibility index (Phi) is 5.66. The molecule has 1 aliphatic rings. The molecule has 1 aromatic carbocycles. The van der Waals surface area contributed by atoms with Crippen LogP contribution in [-0.2, 0) is 22.6 Å². The van der Waals surface area contributed by atoms with Crippen molar-refractivity contribution in [2.45, 2.75) is 52.2 Å². The number of hydrogen-bond donors (Lipinski definition) is 1. The van der Waals surface area contributed by atoms with E-state index < -0.39 is 0 Å². The predicted octanol–water partition coefficient (Wildman–Crippen LogP) is 3.95. The summed E-state index contributed by atoms with van der Waals surface area (Å²) in [5.41, 5.74) is 3.45. The number of anilines is 1. The zero-order valence-corrected chi connectivity index (χ0v) is 16.7. The zero-order valence-electron chi connectivity index (χ0n) is 16.7. The molecule has 28 heavy (non-hydrogen) atoms. The molecule has 0 aliphatic carbocycles. The molecular formula is C22H25N3O3. The van der Waals surface area contributed by atoms with E-state index in [9.17, 15) is 10.1 Å². The Bertz CT molecular complexity index is 915. The summed E-state index contributed by atoms with van der Waals surface area (Å²) in [5.74, 6) is 0.0574. The second kappa shape index (κ2) is 7.99. The summed E-state index contributed by atoms with van der Waals surface area (Å²) < 4.78 is 11.6. The fourth-order valence-electron chi connectivity index (χ4n) is 3.32. The predicted molar refractivity (Wildman–Crippen MR) is 106 cm³/mol. The van der Waals surface area contributed by atoms with Crippen LogP contribution in [-0.4, -0.2) is 23.1 Å². The van der Waals surface area contributed by atoms with Crippen LogP contribution in [0.25, 0.3) is 0 Å². The van der Waals surface area contributed by atoms with Crippen molar-refractivity contribution in [1.29, 1.82) is 5.26 Å². The third kappa shape index (κ3) is 4.32. The van der Waals surface area contributed by atoms with Gasteiger partial charge in [-0.25, -0.2) is 4.98 Å². The number of nitrogens with zero attached hydrogens (tertiary/aromatic N) is 2. The first kappa shape index (κ1) is 19.8. The van der Waals surface area contributed by atoms with E-state index in [-0.39, 0.29) is 29.9 Å². The second-order valence-corrected chi connectivity index (χ2v) is 7.83. The second-order valence-electron chi connectivity index (χ2n) is 7.83. The van der Waals surface area contributed by atoms with Crippen LogP contribution in [0.1, 0.15) is 56.0 Å². The molecule has 0 saturated heterocycles. The number of pyridine rings is 1. The molecule has 0 unspecified atom stereocenters. The van der Waals surface area contributed by atoms with E-state index in [1.807, 2.05) is 45.9 Å². The van der Waals surface area contributed by atoms with E-state index in [2.05, 4.69) is 16.4 Å². The summed E-state index contributed by atoms with van der Waals surface area (Å²) in [4.78, 5) is 16.8. The van der Waals surface area contributed by atoms with Crippen LogP contribution in [0.15, 0.2) is 30.3 Å². The van der Waals surface area contributed by atoms with Gasteiger partial charge in [0.1, 0.15) is 11.6 Å². The molecule has 2 heterocycles. The summed E-state index contributed by atoms with van der Waals surface area (Å²) in [6.45, 7) is 8.29. The van der Waals surface area contributed by atoms with Crippen LogP contribution in [0.3, 0.4) is 0 Å². The number of fused-ring (bicyclic) bond motifs is 1. The lowest BCUT2D eigenvalue weighted by atomic mass is 9.86. The minimum absolute atomic E-state index is 0.145. The number of rotatable bonds is 5. The third-order valence-electron chi connectivity index (χ3n) is 4.68. The van der Waals surface area contributed by atoms with Gasteiger partial charge in [0.05, 0.1) is 17.9 Å². The molecule has 1 amide bonds. The van der Waals surface area contributed by atoms with Crippen molar-refractivity contribution in [3.8, 4) is 11.9 Å². The summed E-state index contributed by atoms with van der Waals surface area (Å²) in [6.07, 6.45) is 0.597. The van der Waals surface area contributed by atoms with E-state index in [4.69, 9.17) is 9.47 Å². The van der Waals surface area contributed by atoms with Gasteiger partial charge in [-0.05, 0) is 37.5 Å². The van der Waals surface area contributed by atoms with Gasteiger partial charge in [0.25, 0.3) is 5.91 Å². The standard InChI is InChI=1S/C22H25N3O3/c1-14(2)20-18-12-28-22(3,4)10-16(18)17(11-23)21(25-20)27-13-19(26)24-15-8-6-5-7-9-15/h5-9,14H,10,12-13H2,1-4H3,(H,24,26). The number of carbonyl (C=O) groups is 1. The molecule has 2 aromatic rings. The molecule has 1 N–H and O–H groups in total. The van der Waals surface area contributed by atoms with E-state index in [1.165, 1.54) is 0 Å². The maximum absolute atomic E-state index is 12.2. The van der Waals surface area contributed by atoms with Gasteiger partial charge in [0.15, 0.2) is 6.61 Å². The summed E-state index contributed by atoms with van der Waals surface area (Å²) in [7, 11) is 0. The Balaban J connectivity index is 1.87. The molecule has 0 fully saturated rings.